The quantitative estimate of drug-likeness (QED) is 0.655. The van der Waals surface area contributed by atoms with Gasteiger partial charge in [-0.25, -0.2) is 5.10 Å². The second kappa shape index (κ2) is 8.66. The Kier molecular flexibility index (Phi) is 5.79. The van der Waals surface area contributed by atoms with E-state index < -0.39 is 0 Å². The Morgan fingerprint density at radius 1 is 1.07 bits per heavy atom. The van der Waals surface area contributed by atoms with Crippen molar-refractivity contribution in [2.45, 2.75) is 51.9 Å². The zero-order valence-electron chi connectivity index (χ0n) is 17.5. The van der Waals surface area contributed by atoms with Crippen molar-refractivity contribution in [1.82, 2.24) is 10.2 Å². The van der Waals surface area contributed by atoms with E-state index >= 15 is 0 Å². The number of aromatic nitrogens is 2. The number of fused-ring (bicyclic) bond motifs is 1. The predicted octanol–water partition coefficient (Wildman–Crippen LogP) is 4.62. The molecular formula is C25H27N3O2. The number of anilines is 1. The monoisotopic (exact) mass is 401 g/mol. The molecule has 1 aliphatic carbocycles. The number of benzene rings is 2. The first-order valence-corrected chi connectivity index (χ1v) is 10.6. The van der Waals surface area contributed by atoms with Gasteiger partial charge in [0.1, 0.15) is 0 Å². The van der Waals surface area contributed by atoms with Gasteiger partial charge in [0.05, 0.1) is 5.69 Å². The highest BCUT2D eigenvalue weighted by Gasteiger charge is 2.19. The number of carbonyl (C=O) groups excluding carboxylic acids is 1. The zero-order valence-corrected chi connectivity index (χ0v) is 17.5. The Labute approximate surface area is 176 Å². The first kappa shape index (κ1) is 20.1. The second-order valence-electron chi connectivity index (χ2n) is 8.16. The molecule has 2 N–H and O–H groups in total. The largest absolute Gasteiger partial charge is 0.326 e. The maximum atomic E-state index is 12.1. The van der Waals surface area contributed by atoms with Crippen molar-refractivity contribution in [3.8, 4) is 11.1 Å². The number of hydrogen-bond donors (Lipinski definition) is 2. The normalized spacial score (nSPS) is 14.1. The van der Waals surface area contributed by atoms with Crippen LogP contribution in [0.15, 0.2) is 53.3 Å². The molecule has 0 saturated carbocycles. The maximum absolute atomic E-state index is 12.1. The van der Waals surface area contributed by atoms with Crippen LogP contribution in [0, 0.1) is 0 Å². The number of nitrogens with one attached hydrogen (secondary N) is 2. The predicted molar refractivity (Wildman–Crippen MR) is 120 cm³/mol. The molecule has 5 nitrogen and oxygen atoms in total. The van der Waals surface area contributed by atoms with Crippen molar-refractivity contribution in [3.05, 3.63) is 81.3 Å². The zero-order chi connectivity index (χ0) is 21.1. The fourth-order valence-corrected chi connectivity index (χ4v) is 4.31. The van der Waals surface area contributed by atoms with Crippen LogP contribution in [0.3, 0.4) is 0 Å². The fourth-order valence-electron chi connectivity index (χ4n) is 4.31. The van der Waals surface area contributed by atoms with Crippen molar-refractivity contribution in [2.24, 2.45) is 0 Å². The van der Waals surface area contributed by atoms with Crippen LogP contribution < -0.4 is 10.9 Å². The van der Waals surface area contributed by atoms with E-state index in [9.17, 15) is 9.59 Å². The molecule has 1 amide bonds. The third kappa shape index (κ3) is 4.35. The van der Waals surface area contributed by atoms with Gasteiger partial charge in [-0.05, 0) is 72.4 Å². The molecule has 154 valence electrons. The number of carbonyl (C=O) groups is 1. The minimum Gasteiger partial charge on any atom is -0.326 e. The standard InChI is InChI=1S/C25H27N3O2/c1-16(13-24-22-11-3-4-12-23(22)25(30)28-27-24)18-7-5-8-19(14-18)20-9-6-10-21(15-20)26-17(2)29/h5-10,14-16H,3-4,11-13H2,1-2H3,(H,26,29)(H,28,30). The molecule has 30 heavy (non-hydrogen) atoms. The number of aromatic amines is 1. The third-order valence-corrected chi connectivity index (χ3v) is 5.85. The topological polar surface area (TPSA) is 74.8 Å². The van der Waals surface area contributed by atoms with Crippen LogP contribution in [0.1, 0.15) is 55.0 Å². The Balaban J connectivity index is 1.59. The lowest BCUT2D eigenvalue weighted by molar-refractivity contribution is -0.114. The molecule has 0 spiro atoms. The summed E-state index contributed by atoms with van der Waals surface area (Å²) in [5.74, 6) is 0.194. The summed E-state index contributed by atoms with van der Waals surface area (Å²) in [4.78, 5) is 23.5. The molecule has 0 radical (unpaired) electrons. The highest BCUT2D eigenvalue weighted by molar-refractivity contribution is 5.89. The molecule has 0 saturated heterocycles. The SMILES string of the molecule is CC(=O)Nc1cccc(-c2cccc(C(C)Cc3n[nH]c(=O)c4c3CCCC4)c2)c1. The van der Waals surface area contributed by atoms with Gasteiger partial charge in [0.25, 0.3) is 5.56 Å². The molecule has 1 atom stereocenters. The van der Waals surface area contributed by atoms with E-state index in [-0.39, 0.29) is 17.4 Å². The van der Waals surface area contributed by atoms with Gasteiger partial charge >= 0.3 is 0 Å². The molecule has 1 heterocycles. The van der Waals surface area contributed by atoms with E-state index in [1.165, 1.54) is 12.5 Å². The molecule has 0 fully saturated rings. The Morgan fingerprint density at radius 2 is 1.77 bits per heavy atom. The van der Waals surface area contributed by atoms with Crippen LogP contribution in [-0.4, -0.2) is 16.1 Å². The summed E-state index contributed by atoms with van der Waals surface area (Å²) in [6, 6.07) is 16.4. The average Bonchev–Trinajstić information content (AvgIpc) is 2.76. The molecule has 5 heteroatoms. The van der Waals surface area contributed by atoms with Gasteiger partial charge < -0.3 is 5.32 Å². The Morgan fingerprint density at radius 3 is 2.53 bits per heavy atom. The highest BCUT2D eigenvalue weighted by atomic mass is 16.1. The van der Waals surface area contributed by atoms with E-state index in [1.54, 1.807) is 0 Å². The summed E-state index contributed by atoms with van der Waals surface area (Å²) in [7, 11) is 0. The molecule has 1 aromatic heterocycles. The summed E-state index contributed by atoms with van der Waals surface area (Å²) in [5.41, 5.74) is 7.30. The Bertz CT molecular complexity index is 1130. The maximum Gasteiger partial charge on any atom is 0.267 e. The van der Waals surface area contributed by atoms with Gasteiger partial charge in [0.2, 0.25) is 5.91 Å². The van der Waals surface area contributed by atoms with Crippen molar-refractivity contribution in [2.75, 3.05) is 5.32 Å². The molecule has 0 bridgehead atoms. The first-order chi connectivity index (χ1) is 14.5. The second-order valence-corrected chi connectivity index (χ2v) is 8.16. The number of rotatable bonds is 5. The first-order valence-electron chi connectivity index (χ1n) is 10.6. The van der Waals surface area contributed by atoms with E-state index in [1.807, 2.05) is 18.2 Å². The van der Waals surface area contributed by atoms with Crippen LogP contribution in [0.25, 0.3) is 11.1 Å². The average molecular weight is 402 g/mol. The van der Waals surface area contributed by atoms with Gasteiger partial charge in [0.15, 0.2) is 0 Å². The van der Waals surface area contributed by atoms with Crippen molar-refractivity contribution >= 4 is 11.6 Å². The molecular weight excluding hydrogens is 374 g/mol. The van der Waals surface area contributed by atoms with E-state index in [2.05, 4.69) is 52.8 Å². The Hall–Kier alpha value is -3.21. The molecule has 1 unspecified atom stereocenters. The van der Waals surface area contributed by atoms with Crippen LogP contribution in [-0.2, 0) is 24.1 Å². The van der Waals surface area contributed by atoms with Gasteiger partial charge in [-0.15, -0.1) is 0 Å². The van der Waals surface area contributed by atoms with E-state index in [0.29, 0.717) is 0 Å². The van der Waals surface area contributed by atoms with Crippen molar-refractivity contribution in [1.29, 1.82) is 0 Å². The van der Waals surface area contributed by atoms with Crippen molar-refractivity contribution in [3.63, 3.8) is 0 Å². The summed E-state index contributed by atoms with van der Waals surface area (Å²) < 4.78 is 0. The van der Waals surface area contributed by atoms with Crippen LogP contribution in [0.5, 0.6) is 0 Å². The minimum absolute atomic E-state index is 0.0258. The van der Waals surface area contributed by atoms with Gasteiger partial charge in [0, 0.05) is 18.2 Å². The lowest BCUT2D eigenvalue weighted by atomic mass is 9.87. The van der Waals surface area contributed by atoms with Crippen LogP contribution >= 0.6 is 0 Å². The van der Waals surface area contributed by atoms with Crippen LogP contribution in [0.2, 0.25) is 0 Å². The van der Waals surface area contributed by atoms with E-state index in [0.717, 1.165) is 65.7 Å². The molecule has 0 aliphatic heterocycles. The smallest absolute Gasteiger partial charge is 0.267 e. The van der Waals surface area contributed by atoms with Crippen LogP contribution in [0.4, 0.5) is 5.69 Å². The summed E-state index contributed by atoms with van der Waals surface area (Å²) in [6.45, 7) is 3.72. The van der Waals surface area contributed by atoms with E-state index in [4.69, 9.17) is 0 Å². The summed E-state index contributed by atoms with van der Waals surface area (Å²) in [5, 5.41) is 9.95. The van der Waals surface area contributed by atoms with Gasteiger partial charge in [-0.2, -0.15) is 5.10 Å². The van der Waals surface area contributed by atoms with Crippen molar-refractivity contribution < 1.29 is 4.79 Å². The lowest BCUT2D eigenvalue weighted by Gasteiger charge is -2.20. The number of nitrogens with zero attached hydrogens (tertiary/aromatic N) is 1. The summed E-state index contributed by atoms with van der Waals surface area (Å²) in [6.07, 6.45) is 4.81. The third-order valence-electron chi connectivity index (χ3n) is 5.85. The van der Waals surface area contributed by atoms with Gasteiger partial charge in [-0.1, -0.05) is 43.3 Å². The molecule has 4 rings (SSSR count). The highest BCUT2D eigenvalue weighted by Crippen LogP contribution is 2.29. The minimum atomic E-state index is -0.0775. The number of amides is 1. The lowest BCUT2D eigenvalue weighted by Crippen LogP contribution is -2.23. The molecule has 2 aromatic carbocycles. The summed E-state index contributed by atoms with van der Waals surface area (Å²) >= 11 is 0. The fraction of sp³-hybridized carbons (Fsp3) is 0.320. The molecule has 3 aromatic rings. The number of H-pyrrole nitrogens is 1. The molecule has 1 aliphatic rings. The van der Waals surface area contributed by atoms with Gasteiger partial charge in [-0.3, -0.25) is 9.59 Å². The number of hydrogen-bond acceptors (Lipinski definition) is 3.